The Morgan fingerprint density at radius 3 is 1.24 bits per heavy atom. The lowest BCUT2D eigenvalue weighted by Gasteiger charge is -2.32. The number of benzene rings is 6. The van der Waals surface area contributed by atoms with Gasteiger partial charge in [0.05, 0.1) is 0 Å². The summed E-state index contributed by atoms with van der Waals surface area (Å²) in [6.45, 7) is 6.70. The van der Waals surface area contributed by atoms with E-state index in [1.165, 1.54) is 0 Å². The molecule has 2 heterocycles. The molecule has 0 radical (unpaired) electrons. The van der Waals surface area contributed by atoms with Crippen molar-refractivity contribution in [3.8, 4) is 22.3 Å². The fourth-order valence-corrected chi connectivity index (χ4v) is 9.85. The topological polar surface area (TPSA) is 116 Å². The van der Waals surface area contributed by atoms with Gasteiger partial charge in [-0.2, -0.15) is 0 Å². The standard InChI is InChI=1S/C55H56N2O5/c1-35-17-21-37(22-18-35)49-43(25-29-58)51(41-15-9-27-56-33-41)47(31-45(49)53(60)39-11-5-3-6-12-39)55(62)48-32-46(54(61)40-13-7-4-8-14-40)50(38-23-19-36(2)20-24-38)44(26-30-59)52(48)42-16-10-28-57-34-42/h3-8,11-14,17-24,31-32,41-42,56-59H,9-10,15-16,25-30,33-34H2,1-2H3. The highest BCUT2D eigenvalue weighted by atomic mass is 16.3. The number of carbonyl (C=O) groups excluding carboxylic acids is 3. The third-order valence-corrected chi connectivity index (χ3v) is 12.8. The van der Waals surface area contributed by atoms with Gasteiger partial charge in [-0.15, -0.1) is 0 Å². The van der Waals surface area contributed by atoms with Gasteiger partial charge in [-0.3, -0.25) is 14.4 Å². The van der Waals surface area contributed by atoms with Gasteiger partial charge in [-0.25, -0.2) is 0 Å². The number of piperidine rings is 2. The van der Waals surface area contributed by atoms with E-state index in [9.17, 15) is 19.8 Å². The highest BCUT2D eigenvalue weighted by Crippen LogP contribution is 2.44. The van der Waals surface area contributed by atoms with Crippen LogP contribution in [-0.4, -0.2) is 67.0 Å². The van der Waals surface area contributed by atoms with Crippen LogP contribution in [0.25, 0.3) is 22.3 Å². The van der Waals surface area contributed by atoms with E-state index >= 15 is 4.79 Å². The molecule has 0 aliphatic carbocycles. The van der Waals surface area contributed by atoms with Gasteiger partial charge in [0.15, 0.2) is 17.3 Å². The molecule has 4 N–H and O–H groups in total. The van der Waals surface area contributed by atoms with Crippen molar-refractivity contribution < 1.29 is 24.6 Å². The molecule has 0 aromatic heterocycles. The summed E-state index contributed by atoms with van der Waals surface area (Å²) < 4.78 is 0. The van der Waals surface area contributed by atoms with Gasteiger partial charge in [0.25, 0.3) is 0 Å². The van der Waals surface area contributed by atoms with E-state index < -0.39 is 0 Å². The Labute approximate surface area is 365 Å². The molecule has 2 saturated heterocycles. The Morgan fingerprint density at radius 1 is 0.516 bits per heavy atom. The minimum atomic E-state index is -0.264. The summed E-state index contributed by atoms with van der Waals surface area (Å²) in [6.07, 6.45) is 3.94. The second-order valence-corrected chi connectivity index (χ2v) is 17.0. The molecule has 2 fully saturated rings. The molecular weight excluding hydrogens is 769 g/mol. The summed E-state index contributed by atoms with van der Waals surface area (Å²) in [5.74, 6) is -0.851. The number of ketones is 3. The quantitative estimate of drug-likeness (QED) is 0.0810. The SMILES string of the molecule is Cc1ccc(-c2c(C(=O)c3ccccc3)cc(C(=O)c3cc(C(=O)c4ccccc4)c(-c4ccc(C)cc4)c(CCO)c3C3CCCNC3)c(C3CCCNC3)c2CCO)cc1. The molecule has 8 rings (SSSR count). The van der Waals surface area contributed by atoms with E-state index in [4.69, 9.17) is 0 Å². The lowest BCUT2D eigenvalue weighted by molar-refractivity contribution is 0.103. The minimum absolute atomic E-state index is 0.0803. The first kappa shape index (κ1) is 42.8. The zero-order chi connectivity index (χ0) is 43.2. The summed E-state index contributed by atoms with van der Waals surface area (Å²) in [5, 5.41) is 28.9. The second-order valence-electron chi connectivity index (χ2n) is 17.0. The molecule has 7 nitrogen and oxygen atoms in total. The lowest BCUT2D eigenvalue weighted by atomic mass is 9.73. The van der Waals surface area contributed by atoms with Crippen LogP contribution in [0.15, 0.2) is 121 Å². The highest BCUT2D eigenvalue weighted by Gasteiger charge is 2.35. The van der Waals surface area contributed by atoms with Gasteiger partial charge >= 0.3 is 0 Å². The highest BCUT2D eigenvalue weighted by molar-refractivity contribution is 6.20. The number of hydrogen-bond acceptors (Lipinski definition) is 7. The van der Waals surface area contributed by atoms with Gasteiger partial charge in [-0.1, -0.05) is 120 Å². The molecule has 6 aromatic carbocycles. The first-order chi connectivity index (χ1) is 30.3. The first-order valence-electron chi connectivity index (χ1n) is 22.2. The number of aryl methyl sites for hydroxylation is 2. The molecular formula is C55H56N2O5. The number of hydrogen-bond donors (Lipinski definition) is 4. The average Bonchev–Trinajstić information content (AvgIpc) is 3.32. The summed E-state index contributed by atoms with van der Waals surface area (Å²) in [7, 11) is 0. The van der Waals surface area contributed by atoms with E-state index in [1.807, 2.05) is 111 Å². The van der Waals surface area contributed by atoms with Crippen LogP contribution in [0.3, 0.4) is 0 Å². The van der Waals surface area contributed by atoms with E-state index in [2.05, 4.69) is 10.6 Å². The van der Waals surface area contributed by atoms with Crippen molar-refractivity contribution in [3.05, 3.63) is 188 Å². The maximum absolute atomic E-state index is 16.3. The molecule has 2 unspecified atom stereocenters. The normalized spacial score (nSPS) is 16.5. The average molecular weight is 825 g/mol. The summed E-state index contributed by atoms with van der Waals surface area (Å²) in [4.78, 5) is 46.3. The fraction of sp³-hybridized carbons (Fsp3) is 0.291. The molecule has 2 aliphatic heterocycles. The minimum Gasteiger partial charge on any atom is -0.396 e. The van der Waals surface area contributed by atoms with Crippen LogP contribution in [0, 0.1) is 13.8 Å². The lowest BCUT2D eigenvalue weighted by Crippen LogP contribution is -2.32. The summed E-state index contributed by atoms with van der Waals surface area (Å²) in [5.41, 5.74) is 11.2. The number of aliphatic hydroxyl groups excluding tert-OH is 2. The molecule has 0 bridgehead atoms. The van der Waals surface area contributed by atoms with E-state index in [-0.39, 0.29) is 55.2 Å². The van der Waals surface area contributed by atoms with Crippen LogP contribution >= 0.6 is 0 Å². The van der Waals surface area contributed by atoms with E-state index in [1.54, 1.807) is 24.3 Å². The Kier molecular flexibility index (Phi) is 13.5. The maximum Gasteiger partial charge on any atom is 0.193 e. The van der Waals surface area contributed by atoms with Crippen LogP contribution in [-0.2, 0) is 12.8 Å². The van der Waals surface area contributed by atoms with Crippen LogP contribution in [0.1, 0.15) is 119 Å². The zero-order valence-electron chi connectivity index (χ0n) is 35.8. The molecule has 0 amide bonds. The van der Waals surface area contributed by atoms with Crippen molar-refractivity contribution in [3.63, 3.8) is 0 Å². The van der Waals surface area contributed by atoms with Crippen LogP contribution in [0.5, 0.6) is 0 Å². The molecule has 316 valence electrons. The van der Waals surface area contributed by atoms with Gasteiger partial charge < -0.3 is 20.8 Å². The second kappa shape index (κ2) is 19.5. The van der Waals surface area contributed by atoms with Gasteiger partial charge in [0.2, 0.25) is 0 Å². The molecule has 2 atom stereocenters. The van der Waals surface area contributed by atoms with Gasteiger partial charge in [0, 0.05) is 59.7 Å². The van der Waals surface area contributed by atoms with Crippen LogP contribution < -0.4 is 10.6 Å². The maximum atomic E-state index is 16.3. The predicted octanol–water partition coefficient (Wildman–Crippen LogP) is 9.33. The van der Waals surface area contributed by atoms with Crippen LogP contribution in [0.4, 0.5) is 0 Å². The number of rotatable bonds is 14. The Hall–Kier alpha value is -5.83. The van der Waals surface area contributed by atoms with Gasteiger partial charge in [0.1, 0.15) is 0 Å². The van der Waals surface area contributed by atoms with Gasteiger partial charge in [-0.05, 0) is 134 Å². The van der Waals surface area contributed by atoms with Crippen LogP contribution in [0.2, 0.25) is 0 Å². The zero-order valence-corrected chi connectivity index (χ0v) is 35.8. The third kappa shape index (κ3) is 8.77. The summed E-state index contributed by atoms with van der Waals surface area (Å²) >= 11 is 0. The Bertz CT molecular complexity index is 2370. The predicted molar refractivity (Wildman–Crippen MR) is 248 cm³/mol. The molecule has 7 heteroatoms. The molecule has 62 heavy (non-hydrogen) atoms. The number of carbonyl (C=O) groups is 3. The van der Waals surface area contributed by atoms with Crippen molar-refractivity contribution in [2.24, 2.45) is 0 Å². The molecule has 6 aromatic rings. The first-order valence-corrected chi connectivity index (χ1v) is 22.2. The monoisotopic (exact) mass is 824 g/mol. The number of aliphatic hydroxyl groups is 2. The van der Waals surface area contributed by atoms with E-state index in [0.717, 1.165) is 94.4 Å². The van der Waals surface area contributed by atoms with Crippen molar-refractivity contribution in [2.45, 2.75) is 64.2 Å². The molecule has 2 aliphatic rings. The van der Waals surface area contributed by atoms with Crippen molar-refractivity contribution >= 4 is 17.3 Å². The van der Waals surface area contributed by atoms with Crippen molar-refractivity contribution in [1.82, 2.24) is 10.6 Å². The molecule has 0 spiro atoms. The molecule has 0 saturated carbocycles. The third-order valence-electron chi connectivity index (χ3n) is 12.8. The Morgan fingerprint density at radius 2 is 0.903 bits per heavy atom. The van der Waals surface area contributed by atoms with E-state index in [0.29, 0.717) is 46.5 Å². The fourth-order valence-electron chi connectivity index (χ4n) is 9.85. The Balaban J connectivity index is 1.49. The smallest absolute Gasteiger partial charge is 0.193 e. The van der Waals surface area contributed by atoms with Crippen molar-refractivity contribution in [1.29, 1.82) is 0 Å². The summed E-state index contributed by atoms with van der Waals surface area (Å²) in [6, 6.07) is 38.2. The van der Waals surface area contributed by atoms with Crippen molar-refractivity contribution in [2.75, 3.05) is 39.4 Å². The largest absolute Gasteiger partial charge is 0.396 e. The number of nitrogens with one attached hydrogen (secondary N) is 2.